The van der Waals surface area contributed by atoms with E-state index in [9.17, 15) is 9.18 Å². The van der Waals surface area contributed by atoms with Crippen molar-refractivity contribution < 1.29 is 9.18 Å². The molecule has 0 bridgehead atoms. The van der Waals surface area contributed by atoms with Gasteiger partial charge in [-0.3, -0.25) is 4.79 Å². The standard InChI is InChI=1S/C14H9ClFIN2O/c15-8-2-1-3-9(4-8)19-7-14(20)18-12-6-11(17)10(16)5-13(12)19/h1-6H,7H2,(H,18,20). The maximum atomic E-state index is 13.8. The summed E-state index contributed by atoms with van der Waals surface area (Å²) in [4.78, 5) is 13.6. The monoisotopic (exact) mass is 402 g/mol. The highest BCUT2D eigenvalue weighted by Crippen LogP contribution is 2.37. The first-order valence-electron chi connectivity index (χ1n) is 5.86. The van der Waals surface area contributed by atoms with Gasteiger partial charge in [0.2, 0.25) is 5.91 Å². The van der Waals surface area contributed by atoms with Crippen LogP contribution in [0.25, 0.3) is 0 Å². The number of carbonyl (C=O) groups is 1. The molecular formula is C14H9ClFIN2O. The van der Waals surface area contributed by atoms with E-state index in [4.69, 9.17) is 11.6 Å². The van der Waals surface area contributed by atoms with Crippen LogP contribution in [0.2, 0.25) is 5.02 Å². The topological polar surface area (TPSA) is 32.3 Å². The Morgan fingerprint density at radius 3 is 2.85 bits per heavy atom. The number of hydrogen-bond acceptors (Lipinski definition) is 2. The van der Waals surface area contributed by atoms with Gasteiger partial charge in [0.15, 0.2) is 0 Å². The first kappa shape index (κ1) is 13.6. The number of benzene rings is 2. The van der Waals surface area contributed by atoms with Gasteiger partial charge in [0, 0.05) is 16.8 Å². The fraction of sp³-hybridized carbons (Fsp3) is 0.0714. The Kier molecular flexibility index (Phi) is 3.55. The second-order valence-electron chi connectivity index (χ2n) is 4.40. The molecule has 0 saturated carbocycles. The molecule has 2 aromatic carbocycles. The van der Waals surface area contributed by atoms with Gasteiger partial charge in [-0.2, -0.15) is 0 Å². The Bertz CT molecular complexity index is 708. The third-order valence-electron chi connectivity index (χ3n) is 3.03. The van der Waals surface area contributed by atoms with E-state index in [0.29, 0.717) is 20.0 Å². The zero-order chi connectivity index (χ0) is 14.3. The van der Waals surface area contributed by atoms with Crippen molar-refractivity contribution in [2.24, 2.45) is 0 Å². The third kappa shape index (κ3) is 2.47. The SMILES string of the molecule is O=C1CN(c2cccc(Cl)c2)c2cc(F)c(I)cc2N1. The van der Waals surface area contributed by atoms with Crippen LogP contribution in [-0.2, 0) is 4.79 Å². The molecule has 0 unspecified atom stereocenters. The van der Waals surface area contributed by atoms with Crippen molar-refractivity contribution in [2.75, 3.05) is 16.8 Å². The number of halogens is 3. The minimum absolute atomic E-state index is 0.132. The van der Waals surface area contributed by atoms with Gasteiger partial charge >= 0.3 is 0 Å². The largest absolute Gasteiger partial charge is 0.330 e. The molecule has 0 aromatic heterocycles. The van der Waals surface area contributed by atoms with E-state index in [1.165, 1.54) is 6.07 Å². The third-order valence-corrected chi connectivity index (χ3v) is 4.09. The van der Waals surface area contributed by atoms with Gasteiger partial charge in [-0.1, -0.05) is 17.7 Å². The lowest BCUT2D eigenvalue weighted by Crippen LogP contribution is -2.35. The van der Waals surface area contributed by atoms with Gasteiger partial charge in [-0.05, 0) is 46.9 Å². The summed E-state index contributed by atoms with van der Waals surface area (Å²) >= 11 is 7.88. The predicted octanol–water partition coefficient (Wildman–Crippen LogP) is 4.17. The number of fused-ring (bicyclic) bond motifs is 1. The molecule has 1 aliphatic rings. The van der Waals surface area contributed by atoms with Crippen molar-refractivity contribution in [1.82, 2.24) is 0 Å². The van der Waals surface area contributed by atoms with E-state index in [1.54, 1.807) is 29.2 Å². The summed E-state index contributed by atoms with van der Waals surface area (Å²) in [5, 5.41) is 3.33. The number of nitrogens with one attached hydrogen (secondary N) is 1. The smallest absolute Gasteiger partial charge is 0.244 e. The Morgan fingerprint density at radius 2 is 2.10 bits per heavy atom. The van der Waals surface area contributed by atoms with Crippen LogP contribution in [0.5, 0.6) is 0 Å². The number of rotatable bonds is 1. The van der Waals surface area contributed by atoms with Gasteiger partial charge in [0.1, 0.15) is 12.4 Å². The highest BCUT2D eigenvalue weighted by Gasteiger charge is 2.24. The molecule has 3 nitrogen and oxygen atoms in total. The van der Waals surface area contributed by atoms with Crippen LogP contribution in [-0.4, -0.2) is 12.5 Å². The van der Waals surface area contributed by atoms with Crippen molar-refractivity contribution in [1.29, 1.82) is 0 Å². The molecule has 1 N–H and O–H groups in total. The molecule has 2 aromatic rings. The normalized spacial score (nSPS) is 13.9. The lowest BCUT2D eigenvalue weighted by molar-refractivity contribution is -0.115. The highest BCUT2D eigenvalue weighted by molar-refractivity contribution is 14.1. The molecule has 0 spiro atoms. The summed E-state index contributed by atoms with van der Waals surface area (Å²) in [6.07, 6.45) is 0. The molecule has 102 valence electrons. The first-order valence-corrected chi connectivity index (χ1v) is 7.32. The maximum absolute atomic E-state index is 13.8. The van der Waals surface area contributed by atoms with Crippen LogP contribution in [0.1, 0.15) is 0 Å². The summed E-state index contributed by atoms with van der Waals surface area (Å²) in [5.41, 5.74) is 1.99. The van der Waals surface area contributed by atoms with Gasteiger partial charge in [-0.15, -0.1) is 0 Å². The lowest BCUT2D eigenvalue weighted by Gasteiger charge is -2.31. The molecule has 6 heteroatoms. The van der Waals surface area contributed by atoms with Crippen LogP contribution >= 0.6 is 34.2 Å². The van der Waals surface area contributed by atoms with Gasteiger partial charge in [-0.25, -0.2) is 4.39 Å². The van der Waals surface area contributed by atoms with Gasteiger partial charge in [0.05, 0.1) is 14.9 Å². The van der Waals surface area contributed by atoms with Crippen molar-refractivity contribution in [3.05, 3.63) is 50.8 Å². The highest BCUT2D eigenvalue weighted by atomic mass is 127. The quantitative estimate of drug-likeness (QED) is 0.726. The summed E-state index contributed by atoms with van der Waals surface area (Å²) in [7, 11) is 0. The first-order chi connectivity index (χ1) is 9.54. The molecule has 3 rings (SSSR count). The fourth-order valence-electron chi connectivity index (χ4n) is 2.15. The Labute approximate surface area is 133 Å². The number of carbonyl (C=O) groups excluding carboxylic acids is 1. The number of nitrogens with zero attached hydrogens (tertiary/aromatic N) is 1. The predicted molar refractivity (Wildman–Crippen MR) is 86.2 cm³/mol. The van der Waals surface area contributed by atoms with E-state index in [-0.39, 0.29) is 18.3 Å². The molecule has 0 fully saturated rings. The van der Waals surface area contributed by atoms with E-state index in [2.05, 4.69) is 5.32 Å². The molecule has 0 atom stereocenters. The number of anilines is 3. The molecule has 1 aliphatic heterocycles. The van der Waals surface area contributed by atoms with E-state index >= 15 is 0 Å². The minimum Gasteiger partial charge on any atom is -0.330 e. The molecule has 1 amide bonds. The van der Waals surface area contributed by atoms with E-state index in [0.717, 1.165) is 5.69 Å². The molecule has 1 heterocycles. The van der Waals surface area contributed by atoms with Crippen molar-refractivity contribution in [2.45, 2.75) is 0 Å². The zero-order valence-corrected chi connectivity index (χ0v) is 13.1. The molecule has 20 heavy (non-hydrogen) atoms. The molecule has 0 saturated heterocycles. The zero-order valence-electron chi connectivity index (χ0n) is 10.2. The second-order valence-corrected chi connectivity index (χ2v) is 6.00. The number of amides is 1. The van der Waals surface area contributed by atoms with Crippen molar-refractivity contribution in [3.63, 3.8) is 0 Å². The lowest BCUT2D eigenvalue weighted by atomic mass is 10.1. The average molecular weight is 403 g/mol. The molecular weight excluding hydrogens is 394 g/mol. The number of hydrogen-bond donors (Lipinski definition) is 1. The second kappa shape index (κ2) is 5.21. The molecule has 0 radical (unpaired) electrons. The Morgan fingerprint density at radius 1 is 1.30 bits per heavy atom. The van der Waals surface area contributed by atoms with Gasteiger partial charge in [0.25, 0.3) is 0 Å². The molecule has 0 aliphatic carbocycles. The van der Waals surface area contributed by atoms with Gasteiger partial charge < -0.3 is 10.2 Å². The Balaban J connectivity index is 2.14. The summed E-state index contributed by atoms with van der Waals surface area (Å²) in [6.45, 7) is 0.132. The average Bonchev–Trinajstić information content (AvgIpc) is 2.40. The summed E-state index contributed by atoms with van der Waals surface area (Å²) in [5.74, 6) is -0.451. The minimum atomic E-state index is -0.312. The van der Waals surface area contributed by atoms with Crippen molar-refractivity contribution >= 4 is 57.2 Å². The Hall–Kier alpha value is -1.34. The van der Waals surface area contributed by atoms with E-state index in [1.807, 2.05) is 28.7 Å². The van der Waals surface area contributed by atoms with Crippen LogP contribution in [0.4, 0.5) is 21.5 Å². The summed E-state index contributed by atoms with van der Waals surface area (Å²) in [6, 6.07) is 10.2. The van der Waals surface area contributed by atoms with Crippen molar-refractivity contribution in [3.8, 4) is 0 Å². The van der Waals surface area contributed by atoms with Crippen LogP contribution in [0.3, 0.4) is 0 Å². The summed E-state index contributed by atoms with van der Waals surface area (Å²) < 4.78 is 14.3. The van der Waals surface area contributed by atoms with E-state index < -0.39 is 0 Å². The van der Waals surface area contributed by atoms with Crippen LogP contribution in [0.15, 0.2) is 36.4 Å². The fourth-order valence-corrected chi connectivity index (χ4v) is 2.80. The van der Waals surface area contributed by atoms with Crippen LogP contribution in [0, 0.1) is 9.39 Å². The van der Waals surface area contributed by atoms with Crippen LogP contribution < -0.4 is 10.2 Å². The maximum Gasteiger partial charge on any atom is 0.244 e.